The third-order valence-electron chi connectivity index (χ3n) is 9.28. The first-order chi connectivity index (χ1) is 20.7. The molecule has 1 amide bonds. The molecule has 0 unspecified atom stereocenters. The van der Waals surface area contributed by atoms with Crippen molar-refractivity contribution < 1.29 is 9.53 Å². The molecule has 9 heteroatoms. The third-order valence-corrected chi connectivity index (χ3v) is 10.4. The highest BCUT2D eigenvalue weighted by Crippen LogP contribution is 2.40. The van der Waals surface area contributed by atoms with Crippen molar-refractivity contribution in [1.82, 2.24) is 15.2 Å². The lowest BCUT2D eigenvalue weighted by Gasteiger charge is -2.42. The number of rotatable bonds is 9. The van der Waals surface area contributed by atoms with E-state index in [0.717, 1.165) is 43.3 Å². The number of azo groups is 1. The van der Waals surface area contributed by atoms with Crippen LogP contribution in [0.1, 0.15) is 80.9 Å². The fraction of sp³-hybridized carbons (Fsp3) is 0.559. The molecule has 8 nitrogen and oxygen atoms in total. The molecule has 3 heterocycles. The number of aliphatic imine (C=N–C) groups is 1. The Kier molecular flexibility index (Phi) is 8.76. The fourth-order valence-corrected chi connectivity index (χ4v) is 7.63. The summed E-state index contributed by atoms with van der Waals surface area (Å²) in [5.41, 5.74) is 3.14. The maximum Gasteiger partial charge on any atom is 0.280 e. The van der Waals surface area contributed by atoms with E-state index in [-0.39, 0.29) is 11.4 Å². The van der Waals surface area contributed by atoms with Crippen LogP contribution in [0.25, 0.3) is 21.2 Å². The molecule has 1 saturated carbocycles. The van der Waals surface area contributed by atoms with E-state index >= 15 is 0 Å². The Labute approximate surface area is 259 Å². The molecule has 0 atom stereocenters. The van der Waals surface area contributed by atoms with Gasteiger partial charge in [0, 0.05) is 36.2 Å². The van der Waals surface area contributed by atoms with Crippen LogP contribution in [0.15, 0.2) is 51.6 Å². The van der Waals surface area contributed by atoms with Gasteiger partial charge in [0.05, 0.1) is 23.8 Å². The lowest BCUT2D eigenvalue weighted by atomic mass is 9.85. The number of ether oxygens (including phenoxy) is 1. The molecular weight excluding hydrogens is 556 g/mol. The normalized spacial score (nSPS) is 19.6. The number of thiazole rings is 1. The predicted octanol–water partition coefficient (Wildman–Crippen LogP) is 7.27. The number of fused-ring (bicyclic) bond motifs is 1. The molecule has 2 fully saturated rings. The number of nitrogens with zero attached hydrogens (tertiary/aromatic N) is 5. The second-order valence-corrected chi connectivity index (χ2v) is 14.5. The Bertz CT molecular complexity index is 1530. The Hall–Kier alpha value is -3.01. The molecule has 3 aromatic rings. The largest absolute Gasteiger partial charge is 0.378 e. The zero-order valence-corrected chi connectivity index (χ0v) is 26.8. The van der Waals surface area contributed by atoms with E-state index in [4.69, 9.17) is 9.72 Å². The number of nitrogens with one attached hydrogen (secondary N) is 1. The van der Waals surface area contributed by atoms with Gasteiger partial charge in [0.25, 0.3) is 5.91 Å². The Balaban J connectivity index is 1.33. The average Bonchev–Trinajstić information content (AvgIpc) is 3.69. The summed E-state index contributed by atoms with van der Waals surface area (Å²) in [4.78, 5) is 26.6. The molecule has 3 aliphatic rings. The van der Waals surface area contributed by atoms with Gasteiger partial charge < -0.3 is 10.1 Å². The van der Waals surface area contributed by atoms with Crippen molar-refractivity contribution in [3.05, 3.63) is 52.7 Å². The van der Waals surface area contributed by atoms with Crippen molar-refractivity contribution in [3.63, 3.8) is 0 Å². The fourth-order valence-electron chi connectivity index (χ4n) is 6.58. The molecule has 2 aliphatic heterocycles. The second-order valence-electron chi connectivity index (χ2n) is 13.5. The first-order valence-electron chi connectivity index (χ1n) is 15.8. The zero-order chi connectivity index (χ0) is 30.0. The van der Waals surface area contributed by atoms with Gasteiger partial charge >= 0.3 is 0 Å². The van der Waals surface area contributed by atoms with E-state index in [1.54, 1.807) is 0 Å². The van der Waals surface area contributed by atoms with E-state index in [1.807, 2.05) is 13.8 Å². The topological polar surface area (TPSA) is 91.5 Å². The lowest BCUT2D eigenvalue weighted by molar-refractivity contribution is -0.0551. The zero-order valence-electron chi connectivity index (χ0n) is 26.0. The smallest absolute Gasteiger partial charge is 0.280 e. The molecule has 1 aromatic heterocycles. The molecule has 1 N–H and O–H groups in total. The summed E-state index contributed by atoms with van der Waals surface area (Å²) in [5.74, 6) is 1.15. The van der Waals surface area contributed by atoms with E-state index in [1.165, 1.54) is 65.3 Å². The molecule has 0 radical (unpaired) electrons. The van der Waals surface area contributed by atoms with Crippen LogP contribution in [0.5, 0.6) is 0 Å². The molecule has 0 spiro atoms. The van der Waals surface area contributed by atoms with Crippen LogP contribution in [0.4, 0.5) is 0 Å². The monoisotopic (exact) mass is 600 g/mol. The first-order valence-corrected chi connectivity index (χ1v) is 16.6. The molecule has 228 valence electrons. The van der Waals surface area contributed by atoms with Crippen LogP contribution >= 0.6 is 11.3 Å². The summed E-state index contributed by atoms with van der Waals surface area (Å²) < 4.78 is 5.78. The van der Waals surface area contributed by atoms with Crippen molar-refractivity contribution in [1.29, 1.82) is 0 Å². The minimum Gasteiger partial charge on any atom is -0.378 e. The Morgan fingerprint density at radius 2 is 1.91 bits per heavy atom. The molecule has 43 heavy (non-hydrogen) atoms. The van der Waals surface area contributed by atoms with Crippen LogP contribution in [-0.2, 0) is 17.7 Å². The van der Waals surface area contributed by atoms with E-state index in [2.05, 4.69) is 75.7 Å². The third kappa shape index (κ3) is 6.59. The van der Waals surface area contributed by atoms with Gasteiger partial charge in [-0.3, -0.25) is 9.69 Å². The standard InChI is InChI=1S/C34H44N6O2S/c1-33(2,32-36-22-37-39-32)20-35-30(41)31-38-28(18-23-10-6-5-7-11-23)29(43-31)27-15-14-24(25-12-8-9-13-26(25)27)19-40-16-17-42-21-34(40,3)4/h8-9,12-15,23H,5-7,10-11,16-22H2,1-4H3,(H,35,41). The highest BCUT2D eigenvalue weighted by Gasteiger charge is 2.32. The van der Waals surface area contributed by atoms with Gasteiger partial charge in [-0.15, -0.1) is 16.5 Å². The molecule has 1 saturated heterocycles. The summed E-state index contributed by atoms with van der Waals surface area (Å²) >= 11 is 1.53. The number of hydrogen-bond acceptors (Lipinski definition) is 8. The van der Waals surface area contributed by atoms with Gasteiger partial charge in [0.2, 0.25) is 0 Å². The van der Waals surface area contributed by atoms with Gasteiger partial charge in [-0.2, -0.15) is 5.11 Å². The number of carbonyl (C=O) groups is 1. The van der Waals surface area contributed by atoms with Crippen LogP contribution in [0.3, 0.4) is 0 Å². The number of hydrogen-bond donors (Lipinski definition) is 1. The van der Waals surface area contributed by atoms with Gasteiger partial charge in [0.1, 0.15) is 0 Å². The van der Waals surface area contributed by atoms with Crippen molar-refractivity contribution in [3.8, 4) is 10.4 Å². The molecule has 2 aromatic carbocycles. The van der Waals surface area contributed by atoms with E-state index in [9.17, 15) is 4.79 Å². The summed E-state index contributed by atoms with van der Waals surface area (Å²) in [6.07, 6.45) is 7.27. The second kappa shape index (κ2) is 12.5. The van der Waals surface area contributed by atoms with Gasteiger partial charge in [-0.25, -0.2) is 9.98 Å². The quantitative estimate of drug-likeness (QED) is 0.280. The molecule has 0 bridgehead atoms. The predicted molar refractivity (Wildman–Crippen MR) is 174 cm³/mol. The number of aromatic nitrogens is 1. The SMILES string of the molecule is CC(C)(CNC(=O)c1nc(CC2CCCCC2)c(-c2ccc(CN3CCOCC3(C)C)c3ccccc23)s1)C1=NCN=N1. The number of benzene rings is 2. The maximum absolute atomic E-state index is 13.5. The summed E-state index contributed by atoms with van der Waals surface area (Å²) in [6.45, 7) is 12.7. The Morgan fingerprint density at radius 3 is 2.65 bits per heavy atom. The minimum absolute atomic E-state index is 0.00703. The summed E-state index contributed by atoms with van der Waals surface area (Å²) in [7, 11) is 0. The van der Waals surface area contributed by atoms with Crippen LogP contribution in [0, 0.1) is 11.3 Å². The minimum atomic E-state index is -0.401. The lowest BCUT2D eigenvalue weighted by Crippen LogP contribution is -2.52. The van der Waals surface area contributed by atoms with Crippen molar-refractivity contribution >= 4 is 33.9 Å². The first kappa shape index (κ1) is 30.0. The van der Waals surface area contributed by atoms with Gasteiger partial charge in [0.15, 0.2) is 17.5 Å². The van der Waals surface area contributed by atoms with Crippen LogP contribution in [-0.4, -0.2) is 60.1 Å². The molecule has 6 rings (SSSR count). The molecular formula is C34H44N6O2S. The van der Waals surface area contributed by atoms with E-state index < -0.39 is 5.41 Å². The highest BCUT2D eigenvalue weighted by molar-refractivity contribution is 7.17. The van der Waals surface area contributed by atoms with Crippen LogP contribution < -0.4 is 5.32 Å². The number of amidine groups is 1. The Morgan fingerprint density at radius 1 is 1.12 bits per heavy atom. The number of carbonyl (C=O) groups excluding carboxylic acids is 1. The summed E-state index contributed by atoms with van der Waals surface area (Å²) in [5, 5.41) is 14.3. The van der Waals surface area contributed by atoms with Crippen molar-refractivity contribution in [2.24, 2.45) is 26.6 Å². The van der Waals surface area contributed by atoms with Gasteiger partial charge in [-0.05, 0) is 42.5 Å². The number of amides is 1. The summed E-state index contributed by atoms with van der Waals surface area (Å²) in [6, 6.07) is 13.3. The van der Waals surface area contributed by atoms with E-state index in [0.29, 0.717) is 30.0 Å². The molecule has 1 aliphatic carbocycles. The average molecular weight is 601 g/mol. The van der Waals surface area contributed by atoms with Crippen molar-refractivity contribution in [2.75, 3.05) is 33.0 Å². The highest BCUT2D eigenvalue weighted by atomic mass is 32.1. The van der Waals surface area contributed by atoms with Gasteiger partial charge in [-0.1, -0.05) is 82.3 Å². The number of morpholine rings is 1. The maximum atomic E-state index is 13.5. The van der Waals surface area contributed by atoms with Crippen molar-refractivity contribution in [2.45, 2.75) is 78.3 Å². The van der Waals surface area contributed by atoms with Crippen LogP contribution in [0.2, 0.25) is 0 Å².